The van der Waals surface area contributed by atoms with Gasteiger partial charge in [-0.15, -0.1) is 11.8 Å². The number of carbonyl (C=O) groups is 2. The zero-order valence-electron chi connectivity index (χ0n) is 7.61. The van der Waals surface area contributed by atoms with Crippen molar-refractivity contribution in [3.8, 4) is 0 Å². The second-order valence-corrected chi connectivity index (χ2v) is 3.43. The van der Waals surface area contributed by atoms with Crippen LogP contribution in [0.15, 0.2) is 29.2 Å². The maximum Gasteiger partial charge on any atom is 0.319 e. The van der Waals surface area contributed by atoms with Crippen LogP contribution < -0.4 is 11.1 Å². The SMILES string of the molecule is CSc1ccc(C(=O)NC(N)=O)cc1. The first-order valence-corrected chi connectivity index (χ1v) is 5.11. The molecule has 3 amide bonds. The van der Waals surface area contributed by atoms with Crippen LogP contribution in [0.4, 0.5) is 4.79 Å². The van der Waals surface area contributed by atoms with Crippen LogP contribution in [0.3, 0.4) is 0 Å². The number of benzene rings is 1. The Bertz CT molecular complexity index is 348. The second kappa shape index (κ2) is 4.66. The molecule has 0 saturated carbocycles. The smallest absolute Gasteiger partial charge is 0.319 e. The highest BCUT2D eigenvalue weighted by molar-refractivity contribution is 7.98. The quantitative estimate of drug-likeness (QED) is 0.721. The van der Waals surface area contributed by atoms with Crippen LogP contribution in [0, 0.1) is 0 Å². The van der Waals surface area contributed by atoms with Crippen LogP contribution in [-0.2, 0) is 0 Å². The van der Waals surface area contributed by atoms with E-state index in [1.54, 1.807) is 36.0 Å². The molecule has 0 saturated heterocycles. The van der Waals surface area contributed by atoms with Crippen LogP contribution in [0.25, 0.3) is 0 Å². The lowest BCUT2D eigenvalue weighted by Gasteiger charge is -2.01. The molecule has 0 bridgehead atoms. The van der Waals surface area contributed by atoms with Gasteiger partial charge in [0.2, 0.25) is 0 Å². The average Bonchev–Trinajstić information content (AvgIpc) is 2.17. The fourth-order valence-electron chi connectivity index (χ4n) is 0.926. The third-order valence-electron chi connectivity index (χ3n) is 1.59. The fraction of sp³-hybridized carbons (Fsp3) is 0.111. The molecule has 0 fully saturated rings. The van der Waals surface area contributed by atoms with E-state index in [0.717, 1.165) is 4.90 Å². The number of thioether (sulfide) groups is 1. The first-order chi connectivity index (χ1) is 6.63. The molecule has 1 aromatic carbocycles. The molecule has 5 heteroatoms. The molecule has 0 radical (unpaired) electrons. The van der Waals surface area contributed by atoms with E-state index in [1.807, 2.05) is 11.6 Å². The summed E-state index contributed by atoms with van der Waals surface area (Å²) < 4.78 is 0. The van der Waals surface area contributed by atoms with Gasteiger partial charge in [0.15, 0.2) is 0 Å². The van der Waals surface area contributed by atoms with Crippen LogP contribution in [0.1, 0.15) is 10.4 Å². The molecule has 14 heavy (non-hydrogen) atoms. The predicted molar refractivity (Wildman–Crippen MR) is 55.3 cm³/mol. The Labute approximate surface area is 85.9 Å². The third kappa shape index (κ3) is 2.77. The lowest BCUT2D eigenvalue weighted by atomic mass is 10.2. The lowest BCUT2D eigenvalue weighted by Crippen LogP contribution is -2.34. The summed E-state index contributed by atoms with van der Waals surface area (Å²) in [5, 5.41) is 1.99. The zero-order chi connectivity index (χ0) is 10.6. The van der Waals surface area contributed by atoms with Crippen molar-refractivity contribution >= 4 is 23.7 Å². The van der Waals surface area contributed by atoms with Crippen molar-refractivity contribution in [2.45, 2.75) is 4.90 Å². The average molecular weight is 210 g/mol. The van der Waals surface area contributed by atoms with Gasteiger partial charge in [-0.05, 0) is 30.5 Å². The highest BCUT2D eigenvalue weighted by Crippen LogP contribution is 2.14. The highest BCUT2D eigenvalue weighted by Gasteiger charge is 2.06. The molecule has 0 spiro atoms. The summed E-state index contributed by atoms with van der Waals surface area (Å²) in [5.41, 5.74) is 5.23. The molecule has 74 valence electrons. The molecule has 1 rings (SSSR count). The summed E-state index contributed by atoms with van der Waals surface area (Å²) in [4.78, 5) is 22.7. The Morgan fingerprint density at radius 3 is 2.29 bits per heavy atom. The number of urea groups is 1. The van der Waals surface area contributed by atoms with Gasteiger partial charge in [-0.3, -0.25) is 10.1 Å². The third-order valence-corrected chi connectivity index (χ3v) is 2.33. The number of hydrogen-bond acceptors (Lipinski definition) is 3. The van der Waals surface area contributed by atoms with E-state index in [-0.39, 0.29) is 0 Å². The van der Waals surface area contributed by atoms with Crippen molar-refractivity contribution in [1.82, 2.24) is 5.32 Å². The molecule has 0 unspecified atom stereocenters. The molecule has 1 aromatic rings. The first-order valence-electron chi connectivity index (χ1n) is 3.88. The maximum absolute atomic E-state index is 11.2. The Balaban J connectivity index is 2.76. The molecule has 0 aliphatic carbocycles. The van der Waals surface area contributed by atoms with Crippen molar-refractivity contribution in [2.24, 2.45) is 5.73 Å². The van der Waals surface area contributed by atoms with Gasteiger partial charge in [0.05, 0.1) is 0 Å². The van der Waals surface area contributed by atoms with E-state index in [0.29, 0.717) is 5.56 Å². The summed E-state index contributed by atoms with van der Waals surface area (Å²) in [6.07, 6.45) is 1.94. The predicted octanol–water partition coefficient (Wildman–Crippen LogP) is 1.22. The van der Waals surface area contributed by atoms with E-state index in [2.05, 4.69) is 0 Å². The molecule has 0 aliphatic rings. The summed E-state index contributed by atoms with van der Waals surface area (Å²) in [6.45, 7) is 0. The Hall–Kier alpha value is -1.49. The second-order valence-electron chi connectivity index (χ2n) is 2.55. The molecule has 0 aliphatic heterocycles. The van der Waals surface area contributed by atoms with Crippen LogP contribution >= 0.6 is 11.8 Å². The number of rotatable bonds is 2. The Morgan fingerprint density at radius 1 is 1.29 bits per heavy atom. The van der Waals surface area contributed by atoms with Crippen molar-refractivity contribution in [2.75, 3.05) is 6.26 Å². The maximum atomic E-state index is 11.2. The van der Waals surface area contributed by atoms with Crippen LogP contribution in [0.5, 0.6) is 0 Å². The van der Waals surface area contributed by atoms with E-state index in [9.17, 15) is 9.59 Å². The minimum Gasteiger partial charge on any atom is -0.351 e. The molecular formula is C9H10N2O2S. The molecular weight excluding hydrogens is 200 g/mol. The van der Waals surface area contributed by atoms with Gasteiger partial charge in [0.25, 0.3) is 5.91 Å². The number of amides is 3. The van der Waals surface area contributed by atoms with Crippen molar-refractivity contribution < 1.29 is 9.59 Å². The zero-order valence-corrected chi connectivity index (χ0v) is 8.43. The lowest BCUT2D eigenvalue weighted by molar-refractivity contribution is 0.0966. The van der Waals surface area contributed by atoms with Gasteiger partial charge < -0.3 is 5.73 Å². The Kier molecular flexibility index (Phi) is 3.53. The number of carbonyl (C=O) groups excluding carboxylic acids is 2. The van der Waals surface area contributed by atoms with E-state index in [1.165, 1.54) is 0 Å². The minimum atomic E-state index is -0.844. The molecule has 0 aromatic heterocycles. The number of imide groups is 1. The molecule has 0 heterocycles. The van der Waals surface area contributed by atoms with Crippen LogP contribution in [0.2, 0.25) is 0 Å². The topological polar surface area (TPSA) is 72.2 Å². The van der Waals surface area contributed by atoms with Gasteiger partial charge in [0, 0.05) is 10.5 Å². The van der Waals surface area contributed by atoms with Crippen LogP contribution in [-0.4, -0.2) is 18.2 Å². The fourth-order valence-corrected chi connectivity index (χ4v) is 1.33. The Morgan fingerprint density at radius 2 is 1.86 bits per heavy atom. The summed E-state index contributed by atoms with van der Waals surface area (Å²) >= 11 is 1.58. The van der Waals surface area contributed by atoms with Gasteiger partial charge in [0.1, 0.15) is 0 Å². The van der Waals surface area contributed by atoms with Gasteiger partial charge in [-0.2, -0.15) is 0 Å². The largest absolute Gasteiger partial charge is 0.351 e. The van der Waals surface area contributed by atoms with Crippen molar-refractivity contribution in [3.05, 3.63) is 29.8 Å². The highest BCUT2D eigenvalue weighted by atomic mass is 32.2. The minimum absolute atomic E-state index is 0.418. The normalized spacial score (nSPS) is 9.50. The van der Waals surface area contributed by atoms with Gasteiger partial charge >= 0.3 is 6.03 Å². The van der Waals surface area contributed by atoms with Gasteiger partial charge in [-0.25, -0.2) is 4.79 Å². The van der Waals surface area contributed by atoms with E-state index < -0.39 is 11.9 Å². The van der Waals surface area contributed by atoms with Gasteiger partial charge in [-0.1, -0.05) is 0 Å². The number of nitrogens with two attached hydrogens (primary N) is 1. The van der Waals surface area contributed by atoms with E-state index >= 15 is 0 Å². The summed E-state index contributed by atoms with van der Waals surface area (Å²) in [5.74, 6) is -0.481. The molecule has 0 atom stereocenters. The number of nitrogens with one attached hydrogen (secondary N) is 1. The summed E-state index contributed by atoms with van der Waals surface area (Å²) in [7, 11) is 0. The number of hydrogen-bond donors (Lipinski definition) is 2. The van der Waals surface area contributed by atoms with Crippen molar-refractivity contribution in [3.63, 3.8) is 0 Å². The molecule has 3 N–H and O–H groups in total. The van der Waals surface area contributed by atoms with Crippen molar-refractivity contribution in [1.29, 1.82) is 0 Å². The molecule has 4 nitrogen and oxygen atoms in total. The van der Waals surface area contributed by atoms with E-state index in [4.69, 9.17) is 5.73 Å². The standard InChI is InChI=1S/C9H10N2O2S/c1-14-7-4-2-6(3-5-7)8(12)11-9(10)13/h2-5H,1H3,(H3,10,11,12,13). The first kappa shape index (κ1) is 10.6. The monoisotopic (exact) mass is 210 g/mol. The summed E-state index contributed by atoms with van der Waals surface area (Å²) in [6, 6.07) is 6.05. The number of primary amides is 1.